The number of aliphatic hydroxyl groups is 1. The molecule has 21 heavy (non-hydrogen) atoms. The first-order valence-corrected chi connectivity index (χ1v) is 6.38. The van der Waals surface area contributed by atoms with Gasteiger partial charge >= 0.3 is 0 Å². The Bertz CT molecular complexity index is 709. The van der Waals surface area contributed by atoms with Crippen LogP contribution in [0.4, 0.5) is 5.82 Å². The molecule has 2 aromatic heterocycles. The predicted octanol–water partition coefficient (Wildman–Crippen LogP) is 0.411. The van der Waals surface area contributed by atoms with Gasteiger partial charge in [-0.3, -0.25) is 0 Å². The largest absolute Gasteiger partial charge is 0.393 e. The molecule has 0 saturated carbocycles. The lowest BCUT2D eigenvalue weighted by atomic mass is 9.99. The van der Waals surface area contributed by atoms with E-state index in [0.29, 0.717) is 30.0 Å². The van der Waals surface area contributed by atoms with Crippen molar-refractivity contribution < 1.29 is 9.84 Å². The number of nitrogens with two attached hydrogens (primary N) is 1. The van der Waals surface area contributed by atoms with Crippen molar-refractivity contribution in [3.8, 4) is 0 Å². The van der Waals surface area contributed by atoms with Crippen LogP contribution in [0.3, 0.4) is 0 Å². The second-order valence-electron chi connectivity index (χ2n) is 4.98. The zero-order chi connectivity index (χ0) is 14.9. The fraction of sp³-hybridized carbons (Fsp3) is 0.545. The molecule has 10 nitrogen and oxygen atoms in total. The summed E-state index contributed by atoms with van der Waals surface area (Å²) in [5.74, 6) is 0.320. The van der Waals surface area contributed by atoms with Crippen molar-refractivity contribution >= 4 is 17.0 Å². The fourth-order valence-corrected chi connectivity index (χ4v) is 2.57. The molecule has 1 aliphatic rings. The average molecular weight is 290 g/mol. The van der Waals surface area contributed by atoms with E-state index in [-0.39, 0.29) is 19.2 Å². The monoisotopic (exact) mass is 290 g/mol. The number of aromatic nitrogens is 4. The molecule has 1 saturated heterocycles. The second kappa shape index (κ2) is 5.17. The van der Waals surface area contributed by atoms with E-state index in [1.54, 1.807) is 6.33 Å². The number of rotatable bonds is 4. The number of anilines is 1. The topological polar surface area (TPSA) is 148 Å². The van der Waals surface area contributed by atoms with Crippen LogP contribution >= 0.6 is 0 Å². The van der Waals surface area contributed by atoms with Gasteiger partial charge in [0.25, 0.3) is 0 Å². The molecule has 1 fully saturated rings. The number of hydrogen-bond acceptors (Lipinski definition) is 7. The predicted molar refractivity (Wildman–Crippen MR) is 73.2 cm³/mol. The molecule has 2 aromatic rings. The van der Waals surface area contributed by atoms with Gasteiger partial charge in [0.05, 0.1) is 37.7 Å². The minimum absolute atomic E-state index is 0.0645. The molecular formula is C11H14N8O2. The number of hydrogen-bond donors (Lipinski definition) is 2. The lowest BCUT2D eigenvalue weighted by Crippen LogP contribution is -2.36. The molecule has 3 heterocycles. The van der Waals surface area contributed by atoms with Crippen LogP contribution in [0.25, 0.3) is 21.6 Å². The smallest absolute Gasteiger partial charge is 0.165 e. The first-order chi connectivity index (χ1) is 10.2. The van der Waals surface area contributed by atoms with E-state index in [2.05, 4.69) is 25.0 Å². The molecule has 0 spiro atoms. The van der Waals surface area contributed by atoms with E-state index in [1.165, 1.54) is 6.33 Å². The Hall–Kier alpha value is -2.42. The number of nitrogens with zero attached hydrogens (tertiary/aromatic N) is 7. The SMILES string of the molecule is [N-]=[N+]=NC[C@]1(CO)C[C@@H](n2cnc3c(N)ncnc32)CO1. The lowest BCUT2D eigenvalue weighted by molar-refractivity contribution is -0.0312. The molecule has 3 rings (SSSR count). The van der Waals surface area contributed by atoms with Gasteiger partial charge in [-0.25, -0.2) is 15.0 Å². The van der Waals surface area contributed by atoms with Crippen molar-refractivity contribution in [2.75, 3.05) is 25.5 Å². The van der Waals surface area contributed by atoms with Gasteiger partial charge in [0.1, 0.15) is 11.8 Å². The maximum Gasteiger partial charge on any atom is 0.165 e. The minimum atomic E-state index is -0.855. The van der Waals surface area contributed by atoms with Crippen molar-refractivity contribution in [1.82, 2.24) is 19.5 Å². The molecule has 10 heteroatoms. The first-order valence-electron chi connectivity index (χ1n) is 6.38. The number of nitrogen functional groups attached to an aromatic ring is 1. The van der Waals surface area contributed by atoms with Crippen LogP contribution in [0.15, 0.2) is 17.8 Å². The van der Waals surface area contributed by atoms with Gasteiger partial charge in [0.2, 0.25) is 0 Å². The van der Waals surface area contributed by atoms with E-state index in [9.17, 15) is 5.11 Å². The molecule has 0 unspecified atom stereocenters. The molecule has 110 valence electrons. The van der Waals surface area contributed by atoms with Crippen molar-refractivity contribution in [2.24, 2.45) is 5.11 Å². The molecule has 0 amide bonds. The molecule has 0 aromatic carbocycles. The highest BCUT2D eigenvalue weighted by molar-refractivity contribution is 5.81. The van der Waals surface area contributed by atoms with Crippen LogP contribution in [0, 0.1) is 0 Å². The Kier molecular flexibility index (Phi) is 3.34. The Balaban J connectivity index is 1.91. The zero-order valence-electron chi connectivity index (χ0n) is 11.1. The summed E-state index contributed by atoms with van der Waals surface area (Å²) in [7, 11) is 0. The number of imidazole rings is 1. The molecular weight excluding hydrogens is 276 g/mol. The molecule has 0 aliphatic carbocycles. The van der Waals surface area contributed by atoms with Crippen molar-refractivity contribution in [2.45, 2.75) is 18.1 Å². The van der Waals surface area contributed by atoms with Gasteiger partial charge in [-0.15, -0.1) is 0 Å². The Morgan fingerprint density at radius 1 is 1.57 bits per heavy atom. The quantitative estimate of drug-likeness (QED) is 0.473. The van der Waals surface area contributed by atoms with Crippen LogP contribution in [0.2, 0.25) is 0 Å². The Morgan fingerprint density at radius 3 is 3.19 bits per heavy atom. The fourth-order valence-electron chi connectivity index (χ4n) is 2.57. The van der Waals surface area contributed by atoms with E-state index >= 15 is 0 Å². The van der Waals surface area contributed by atoms with Gasteiger partial charge < -0.3 is 20.1 Å². The second-order valence-corrected chi connectivity index (χ2v) is 4.98. The summed E-state index contributed by atoms with van der Waals surface area (Å²) < 4.78 is 7.52. The van der Waals surface area contributed by atoms with Gasteiger partial charge in [-0.05, 0) is 5.53 Å². The standard InChI is InChI=1S/C11H14N8O2/c12-9-8-10(15-5-14-9)19(6-16-8)7-1-11(4-20,21-2-7)3-17-18-13/h5-7,20H,1-4H2,(H2,12,14,15)/t7-,11+/m1/s1. The van der Waals surface area contributed by atoms with E-state index in [4.69, 9.17) is 16.0 Å². The summed E-state index contributed by atoms with van der Waals surface area (Å²) in [5.41, 5.74) is 14.5. The third kappa shape index (κ3) is 2.25. The lowest BCUT2D eigenvalue weighted by Gasteiger charge is -2.23. The molecule has 0 radical (unpaired) electrons. The normalized spacial score (nSPS) is 25.1. The summed E-state index contributed by atoms with van der Waals surface area (Å²) in [5, 5.41) is 13.1. The van der Waals surface area contributed by atoms with Crippen LogP contribution < -0.4 is 5.73 Å². The average Bonchev–Trinajstić information content (AvgIpc) is 3.10. The van der Waals surface area contributed by atoms with E-state index in [1.807, 2.05) is 4.57 Å². The third-order valence-electron chi connectivity index (χ3n) is 3.68. The highest BCUT2D eigenvalue weighted by Gasteiger charge is 2.40. The van der Waals surface area contributed by atoms with Crippen molar-refractivity contribution in [3.05, 3.63) is 23.1 Å². The van der Waals surface area contributed by atoms with E-state index in [0.717, 1.165) is 0 Å². The van der Waals surface area contributed by atoms with E-state index < -0.39 is 5.60 Å². The number of ether oxygens (including phenoxy) is 1. The number of azide groups is 1. The molecule has 0 bridgehead atoms. The van der Waals surface area contributed by atoms with Gasteiger partial charge in [-0.1, -0.05) is 5.11 Å². The first kappa shape index (κ1) is 13.6. The number of fused-ring (bicyclic) bond motifs is 1. The minimum Gasteiger partial charge on any atom is -0.393 e. The Labute approximate surface area is 119 Å². The van der Waals surface area contributed by atoms with Crippen LogP contribution in [0.5, 0.6) is 0 Å². The molecule has 1 aliphatic heterocycles. The zero-order valence-corrected chi connectivity index (χ0v) is 11.1. The van der Waals surface area contributed by atoms with Gasteiger partial charge in [0.15, 0.2) is 11.5 Å². The molecule has 3 N–H and O–H groups in total. The summed E-state index contributed by atoms with van der Waals surface area (Å²) in [6.07, 6.45) is 3.51. The number of aliphatic hydroxyl groups excluding tert-OH is 1. The summed E-state index contributed by atoms with van der Waals surface area (Å²) in [6.45, 7) is 0.239. The third-order valence-corrected chi connectivity index (χ3v) is 3.68. The summed E-state index contributed by atoms with van der Waals surface area (Å²) in [6, 6.07) is -0.0645. The van der Waals surface area contributed by atoms with Gasteiger partial charge in [0, 0.05) is 11.3 Å². The van der Waals surface area contributed by atoms with Crippen molar-refractivity contribution in [3.63, 3.8) is 0 Å². The molecule has 2 atom stereocenters. The maximum absolute atomic E-state index is 9.54. The maximum atomic E-state index is 9.54. The summed E-state index contributed by atoms with van der Waals surface area (Å²) in [4.78, 5) is 15.0. The van der Waals surface area contributed by atoms with Crippen LogP contribution in [-0.4, -0.2) is 50.0 Å². The van der Waals surface area contributed by atoms with Gasteiger partial charge in [-0.2, -0.15) is 0 Å². The highest BCUT2D eigenvalue weighted by Crippen LogP contribution is 2.35. The highest BCUT2D eigenvalue weighted by atomic mass is 16.5. The van der Waals surface area contributed by atoms with Crippen molar-refractivity contribution in [1.29, 1.82) is 0 Å². The van der Waals surface area contributed by atoms with Crippen LogP contribution in [0.1, 0.15) is 12.5 Å². The Morgan fingerprint density at radius 2 is 2.43 bits per heavy atom. The summed E-state index contributed by atoms with van der Waals surface area (Å²) >= 11 is 0. The van der Waals surface area contributed by atoms with Crippen LogP contribution in [-0.2, 0) is 4.74 Å².